The molecule has 3 aromatic rings. The molecule has 1 N–H and O–H groups in total. The molecule has 1 aromatic heterocycles. The standard InChI is InChI=1S/C19H19FN2O3S/c1-23-16-9-6-13(17(24-2)18(16)25-3)10-21-19-22-15(11-26-19)12-4-7-14(20)8-5-12/h4-9,11H,10H2,1-3H3,(H,21,22). The largest absolute Gasteiger partial charge is 0.493 e. The van der Waals surface area contributed by atoms with Crippen molar-refractivity contribution >= 4 is 16.5 Å². The number of halogens is 1. The molecule has 0 spiro atoms. The zero-order valence-electron chi connectivity index (χ0n) is 14.7. The minimum Gasteiger partial charge on any atom is -0.493 e. The van der Waals surface area contributed by atoms with Crippen molar-refractivity contribution in [2.45, 2.75) is 6.54 Å². The summed E-state index contributed by atoms with van der Waals surface area (Å²) in [4.78, 5) is 4.55. The topological polar surface area (TPSA) is 52.6 Å². The summed E-state index contributed by atoms with van der Waals surface area (Å²) in [5, 5.41) is 5.98. The Morgan fingerprint density at radius 2 is 1.69 bits per heavy atom. The molecule has 136 valence electrons. The van der Waals surface area contributed by atoms with Crippen molar-refractivity contribution < 1.29 is 18.6 Å². The second kappa shape index (κ2) is 8.05. The summed E-state index contributed by atoms with van der Waals surface area (Å²) < 4.78 is 29.2. The monoisotopic (exact) mass is 374 g/mol. The van der Waals surface area contributed by atoms with Crippen LogP contribution < -0.4 is 19.5 Å². The molecule has 1 heterocycles. The van der Waals surface area contributed by atoms with E-state index in [0.717, 1.165) is 22.0 Å². The van der Waals surface area contributed by atoms with Crippen LogP contribution in [0.15, 0.2) is 41.8 Å². The van der Waals surface area contributed by atoms with Crippen LogP contribution in [-0.2, 0) is 6.54 Å². The number of hydrogen-bond donors (Lipinski definition) is 1. The van der Waals surface area contributed by atoms with Crippen LogP contribution in [0, 0.1) is 5.82 Å². The van der Waals surface area contributed by atoms with Crippen LogP contribution in [0.3, 0.4) is 0 Å². The van der Waals surface area contributed by atoms with E-state index in [4.69, 9.17) is 14.2 Å². The molecule has 0 amide bonds. The molecule has 0 aliphatic rings. The minimum atomic E-state index is -0.261. The molecule has 0 saturated heterocycles. The third-order valence-corrected chi connectivity index (χ3v) is 4.66. The van der Waals surface area contributed by atoms with E-state index >= 15 is 0 Å². The van der Waals surface area contributed by atoms with E-state index in [1.165, 1.54) is 23.5 Å². The van der Waals surface area contributed by atoms with E-state index in [1.54, 1.807) is 33.5 Å². The summed E-state index contributed by atoms with van der Waals surface area (Å²) in [5.41, 5.74) is 2.60. The predicted octanol–water partition coefficient (Wildman–Crippen LogP) is 4.59. The smallest absolute Gasteiger partial charge is 0.203 e. The lowest BCUT2D eigenvalue weighted by Gasteiger charge is -2.15. The van der Waals surface area contributed by atoms with Gasteiger partial charge in [-0.3, -0.25) is 0 Å². The molecule has 2 aromatic carbocycles. The van der Waals surface area contributed by atoms with E-state index < -0.39 is 0 Å². The van der Waals surface area contributed by atoms with Gasteiger partial charge in [-0.1, -0.05) is 0 Å². The molecular weight excluding hydrogens is 355 g/mol. The van der Waals surface area contributed by atoms with Crippen molar-refractivity contribution in [2.75, 3.05) is 26.6 Å². The second-order valence-corrected chi connectivity index (χ2v) is 6.25. The third-order valence-electron chi connectivity index (χ3n) is 3.86. The Morgan fingerprint density at radius 1 is 0.962 bits per heavy atom. The highest BCUT2D eigenvalue weighted by Crippen LogP contribution is 2.40. The van der Waals surface area contributed by atoms with Gasteiger partial charge in [-0.25, -0.2) is 9.37 Å². The maximum absolute atomic E-state index is 13.0. The number of nitrogens with one attached hydrogen (secondary N) is 1. The normalized spacial score (nSPS) is 10.5. The van der Waals surface area contributed by atoms with Crippen LogP contribution in [0.1, 0.15) is 5.56 Å². The van der Waals surface area contributed by atoms with Gasteiger partial charge in [-0.2, -0.15) is 0 Å². The van der Waals surface area contributed by atoms with Crippen LogP contribution in [0.4, 0.5) is 9.52 Å². The molecule has 0 radical (unpaired) electrons. The number of anilines is 1. The molecule has 5 nitrogen and oxygen atoms in total. The van der Waals surface area contributed by atoms with Crippen LogP contribution in [0.5, 0.6) is 17.2 Å². The zero-order chi connectivity index (χ0) is 18.5. The number of thiazole rings is 1. The van der Waals surface area contributed by atoms with Crippen LogP contribution in [0.25, 0.3) is 11.3 Å². The Hall–Kier alpha value is -2.80. The Labute approximate surface area is 155 Å². The van der Waals surface area contributed by atoms with Gasteiger partial charge in [0.25, 0.3) is 0 Å². The fourth-order valence-electron chi connectivity index (χ4n) is 2.58. The van der Waals surface area contributed by atoms with E-state index in [0.29, 0.717) is 23.8 Å². The summed E-state index contributed by atoms with van der Waals surface area (Å²) >= 11 is 1.49. The first-order valence-corrected chi connectivity index (χ1v) is 8.77. The number of benzene rings is 2. The number of ether oxygens (including phenoxy) is 3. The SMILES string of the molecule is COc1ccc(CNc2nc(-c3ccc(F)cc3)cs2)c(OC)c1OC. The maximum atomic E-state index is 13.0. The number of methoxy groups -OCH3 is 3. The average molecular weight is 374 g/mol. The minimum absolute atomic E-state index is 0.261. The molecule has 0 aliphatic carbocycles. The van der Waals surface area contributed by atoms with Gasteiger partial charge in [-0.15, -0.1) is 11.3 Å². The van der Waals surface area contributed by atoms with Gasteiger partial charge in [0.2, 0.25) is 5.75 Å². The van der Waals surface area contributed by atoms with Crippen molar-refractivity contribution in [1.29, 1.82) is 0 Å². The number of aromatic nitrogens is 1. The lowest BCUT2D eigenvalue weighted by Crippen LogP contribution is -2.04. The number of nitrogens with zero attached hydrogens (tertiary/aromatic N) is 1. The first kappa shape index (κ1) is 18.0. The van der Waals surface area contributed by atoms with Crippen molar-refractivity contribution in [3.8, 4) is 28.5 Å². The van der Waals surface area contributed by atoms with Crippen LogP contribution in [-0.4, -0.2) is 26.3 Å². The quantitative estimate of drug-likeness (QED) is 0.656. The summed E-state index contributed by atoms with van der Waals surface area (Å²) in [5.74, 6) is 1.53. The fraction of sp³-hybridized carbons (Fsp3) is 0.211. The van der Waals surface area contributed by atoms with Gasteiger partial charge >= 0.3 is 0 Å². The molecule has 0 aliphatic heterocycles. The number of hydrogen-bond acceptors (Lipinski definition) is 6. The van der Waals surface area contributed by atoms with Crippen molar-refractivity contribution in [2.24, 2.45) is 0 Å². The molecule has 7 heteroatoms. The Balaban J connectivity index is 1.76. The molecule has 3 rings (SSSR count). The van der Waals surface area contributed by atoms with Crippen LogP contribution >= 0.6 is 11.3 Å². The van der Waals surface area contributed by atoms with Crippen molar-refractivity contribution in [3.63, 3.8) is 0 Å². The molecule has 0 atom stereocenters. The van der Waals surface area contributed by atoms with E-state index in [-0.39, 0.29) is 5.82 Å². The van der Waals surface area contributed by atoms with Gasteiger partial charge in [0.05, 0.1) is 27.0 Å². The second-order valence-electron chi connectivity index (χ2n) is 5.39. The summed E-state index contributed by atoms with van der Waals surface area (Å²) in [6, 6.07) is 10.0. The summed E-state index contributed by atoms with van der Waals surface area (Å²) in [7, 11) is 4.76. The van der Waals surface area contributed by atoms with E-state index in [9.17, 15) is 4.39 Å². The molecule has 0 saturated carbocycles. The molecule has 0 fully saturated rings. The summed E-state index contributed by atoms with van der Waals surface area (Å²) in [6.07, 6.45) is 0. The summed E-state index contributed by atoms with van der Waals surface area (Å²) in [6.45, 7) is 0.514. The highest BCUT2D eigenvalue weighted by atomic mass is 32.1. The third kappa shape index (κ3) is 3.72. The number of rotatable bonds is 7. The van der Waals surface area contributed by atoms with Crippen molar-refractivity contribution in [1.82, 2.24) is 4.98 Å². The first-order valence-electron chi connectivity index (χ1n) is 7.89. The highest BCUT2D eigenvalue weighted by molar-refractivity contribution is 7.14. The van der Waals surface area contributed by atoms with E-state index in [2.05, 4.69) is 10.3 Å². The van der Waals surface area contributed by atoms with Gasteiger partial charge in [0.1, 0.15) is 5.82 Å². The Kier molecular flexibility index (Phi) is 5.58. The van der Waals surface area contributed by atoms with Crippen molar-refractivity contribution in [3.05, 3.63) is 53.2 Å². The maximum Gasteiger partial charge on any atom is 0.203 e. The fourth-order valence-corrected chi connectivity index (χ4v) is 3.30. The highest BCUT2D eigenvalue weighted by Gasteiger charge is 2.16. The lowest BCUT2D eigenvalue weighted by atomic mass is 10.1. The predicted molar refractivity (Wildman–Crippen MR) is 101 cm³/mol. The molecular formula is C19H19FN2O3S. The molecule has 0 bridgehead atoms. The molecule has 26 heavy (non-hydrogen) atoms. The van der Waals surface area contributed by atoms with Gasteiger partial charge in [0, 0.05) is 23.1 Å². The van der Waals surface area contributed by atoms with Gasteiger partial charge in [-0.05, 0) is 36.4 Å². The van der Waals surface area contributed by atoms with E-state index in [1.807, 2.05) is 17.5 Å². The van der Waals surface area contributed by atoms with Gasteiger partial charge < -0.3 is 19.5 Å². The Morgan fingerprint density at radius 3 is 2.35 bits per heavy atom. The van der Waals surface area contributed by atoms with Gasteiger partial charge in [0.15, 0.2) is 16.6 Å². The first-order chi connectivity index (χ1) is 12.7. The lowest BCUT2D eigenvalue weighted by molar-refractivity contribution is 0.322. The molecule has 0 unspecified atom stereocenters. The average Bonchev–Trinajstić information content (AvgIpc) is 3.14. The zero-order valence-corrected chi connectivity index (χ0v) is 15.5. The van der Waals surface area contributed by atoms with Crippen LogP contribution in [0.2, 0.25) is 0 Å². The Bertz CT molecular complexity index is 881.